The zero-order chi connectivity index (χ0) is 22.6. The van der Waals surface area contributed by atoms with Gasteiger partial charge in [0.25, 0.3) is 0 Å². The third kappa shape index (κ3) is 4.83. The van der Waals surface area contributed by atoms with Crippen LogP contribution in [-0.2, 0) is 21.2 Å². The summed E-state index contributed by atoms with van der Waals surface area (Å²) in [6.07, 6.45) is 0. The van der Waals surface area contributed by atoms with E-state index >= 15 is 0 Å². The van der Waals surface area contributed by atoms with Crippen LogP contribution in [0.2, 0.25) is 0 Å². The molecule has 7 nitrogen and oxygen atoms in total. The number of benzene rings is 2. The van der Waals surface area contributed by atoms with Gasteiger partial charge >= 0.3 is 11.7 Å². The van der Waals surface area contributed by atoms with Crippen molar-refractivity contribution in [2.75, 3.05) is 14.2 Å². The van der Waals surface area contributed by atoms with E-state index in [1.807, 2.05) is 6.07 Å². The van der Waals surface area contributed by atoms with Gasteiger partial charge < -0.3 is 14.2 Å². The van der Waals surface area contributed by atoms with E-state index in [9.17, 15) is 22.0 Å². The van der Waals surface area contributed by atoms with Crippen LogP contribution in [0.5, 0.6) is 11.5 Å². The molecule has 0 unspecified atom stereocenters. The van der Waals surface area contributed by atoms with Gasteiger partial charge in [-0.15, -0.1) is 11.3 Å². The van der Waals surface area contributed by atoms with Crippen LogP contribution in [-0.4, -0.2) is 39.3 Å². The first-order valence-electron chi connectivity index (χ1n) is 8.73. The molecule has 1 heterocycles. The zero-order valence-electron chi connectivity index (χ0n) is 16.4. The normalized spacial score (nSPS) is 11.4. The fraction of sp³-hybridized carbons (Fsp3) is 0.200. The molecule has 0 aliphatic heterocycles. The Morgan fingerprint density at radius 3 is 2.42 bits per heavy atom. The molecule has 0 fully saturated rings. The van der Waals surface area contributed by atoms with Gasteiger partial charge in [-0.2, -0.15) is 8.78 Å². The van der Waals surface area contributed by atoms with Crippen LogP contribution in [0.15, 0.2) is 52.7 Å². The smallest absolute Gasteiger partial charge is 0.341 e. The summed E-state index contributed by atoms with van der Waals surface area (Å²) in [6, 6.07) is 9.50. The van der Waals surface area contributed by atoms with Crippen LogP contribution in [0.3, 0.4) is 0 Å². The number of halogens is 2. The molecule has 0 saturated carbocycles. The van der Waals surface area contributed by atoms with Crippen LogP contribution in [0.25, 0.3) is 10.6 Å². The molecular formula is C20H17F2NO6S2. The van der Waals surface area contributed by atoms with Crippen molar-refractivity contribution in [1.29, 1.82) is 0 Å². The van der Waals surface area contributed by atoms with Crippen molar-refractivity contribution < 1.29 is 36.2 Å². The summed E-state index contributed by atoms with van der Waals surface area (Å²) in [7, 11) is -1.67. The van der Waals surface area contributed by atoms with E-state index in [1.54, 1.807) is 17.5 Å². The average molecular weight is 469 g/mol. The van der Waals surface area contributed by atoms with Crippen molar-refractivity contribution in [3.63, 3.8) is 0 Å². The standard InChI is InChI=1S/C20H17F2NO6S2/c1-27-16-5-3-4-15(17(16)28-2)18-23-13(11-30-18)10-29-19(24)12-6-8-14(9-7-12)31(25,26)20(21)22/h3-9,11,20H,10H2,1-2H3. The van der Waals surface area contributed by atoms with Gasteiger partial charge in [-0.3, -0.25) is 0 Å². The van der Waals surface area contributed by atoms with Crippen LogP contribution < -0.4 is 9.47 Å². The maximum absolute atomic E-state index is 12.6. The Morgan fingerprint density at radius 1 is 1.10 bits per heavy atom. The highest BCUT2D eigenvalue weighted by atomic mass is 32.2. The minimum absolute atomic E-state index is 0.0261. The van der Waals surface area contributed by atoms with E-state index in [4.69, 9.17) is 14.2 Å². The number of rotatable bonds is 8. The van der Waals surface area contributed by atoms with Crippen molar-refractivity contribution in [1.82, 2.24) is 4.98 Å². The SMILES string of the molecule is COc1cccc(-c2nc(COC(=O)c3ccc(S(=O)(=O)C(F)F)cc3)cs2)c1OC. The van der Waals surface area contributed by atoms with Crippen LogP contribution in [0.1, 0.15) is 16.1 Å². The van der Waals surface area contributed by atoms with E-state index in [0.717, 1.165) is 29.8 Å². The molecule has 0 spiro atoms. The van der Waals surface area contributed by atoms with Gasteiger partial charge in [0.15, 0.2) is 11.5 Å². The van der Waals surface area contributed by atoms with Crippen LogP contribution in [0, 0.1) is 0 Å². The van der Waals surface area contributed by atoms with Crippen molar-refractivity contribution in [2.24, 2.45) is 0 Å². The summed E-state index contributed by atoms with van der Waals surface area (Å²) >= 11 is 1.33. The van der Waals surface area contributed by atoms with E-state index in [1.165, 1.54) is 25.6 Å². The van der Waals surface area contributed by atoms with E-state index in [-0.39, 0.29) is 12.2 Å². The number of nitrogens with zero attached hydrogens (tertiary/aromatic N) is 1. The highest BCUT2D eigenvalue weighted by molar-refractivity contribution is 7.91. The number of para-hydroxylation sites is 1. The molecule has 3 aromatic rings. The molecule has 0 aliphatic rings. The third-order valence-electron chi connectivity index (χ3n) is 4.19. The number of sulfone groups is 1. The lowest BCUT2D eigenvalue weighted by molar-refractivity contribution is 0.0468. The number of esters is 1. The predicted octanol–water partition coefficient (Wildman–Crippen LogP) is 4.18. The quantitative estimate of drug-likeness (QED) is 0.457. The van der Waals surface area contributed by atoms with Gasteiger partial charge in [-0.05, 0) is 36.4 Å². The molecule has 0 atom stereocenters. The number of carbonyl (C=O) groups is 1. The molecule has 0 amide bonds. The predicted molar refractivity (Wildman–Crippen MR) is 109 cm³/mol. The topological polar surface area (TPSA) is 91.8 Å². The van der Waals surface area contributed by atoms with E-state index in [2.05, 4.69) is 4.98 Å². The van der Waals surface area contributed by atoms with Gasteiger partial charge in [0, 0.05) is 5.38 Å². The van der Waals surface area contributed by atoms with Gasteiger partial charge in [0.2, 0.25) is 9.84 Å². The summed E-state index contributed by atoms with van der Waals surface area (Å²) in [4.78, 5) is 16.1. The van der Waals surface area contributed by atoms with Crippen LogP contribution >= 0.6 is 11.3 Å². The van der Waals surface area contributed by atoms with E-state index < -0.39 is 26.5 Å². The Kier molecular flexibility index (Phi) is 6.86. The first-order chi connectivity index (χ1) is 14.8. The molecule has 0 bridgehead atoms. The molecule has 0 N–H and O–H groups in total. The number of aromatic nitrogens is 1. The fourth-order valence-corrected chi connectivity index (χ4v) is 4.21. The second kappa shape index (κ2) is 9.40. The van der Waals surface area contributed by atoms with Crippen molar-refractivity contribution >= 4 is 27.1 Å². The van der Waals surface area contributed by atoms with Gasteiger partial charge in [-0.1, -0.05) is 6.07 Å². The first kappa shape index (κ1) is 22.6. The van der Waals surface area contributed by atoms with Crippen molar-refractivity contribution in [3.8, 4) is 22.1 Å². The first-order valence-corrected chi connectivity index (χ1v) is 11.2. The van der Waals surface area contributed by atoms with Crippen molar-refractivity contribution in [2.45, 2.75) is 17.3 Å². The summed E-state index contributed by atoms with van der Waals surface area (Å²) in [5, 5.41) is 2.36. The second-order valence-corrected chi connectivity index (χ2v) is 8.87. The average Bonchev–Trinajstić information content (AvgIpc) is 3.25. The van der Waals surface area contributed by atoms with Gasteiger partial charge in [0.05, 0.1) is 35.9 Å². The number of carbonyl (C=O) groups excluding carboxylic acids is 1. The molecule has 0 aliphatic carbocycles. The Labute approximate surface area is 181 Å². The van der Waals surface area contributed by atoms with Crippen molar-refractivity contribution in [3.05, 3.63) is 59.1 Å². The molecule has 164 valence electrons. The molecule has 3 rings (SSSR count). The highest BCUT2D eigenvalue weighted by Crippen LogP contribution is 2.39. The van der Waals surface area contributed by atoms with E-state index in [0.29, 0.717) is 22.2 Å². The maximum atomic E-state index is 12.6. The number of hydrogen-bond donors (Lipinski definition) is 0. The Bertz CT molecular complexity index is 1180. The number of ether oxygens (including phenoxy) is 3. The lowest BCUT2D eigenvalue weighted by Crippen LogP contribution is -2.12. The summed E-state index contributed by atoms with van der Waals surface area (Å²) in [5.74, 6) is -3.19. The summed E-state index contributed by atoms with van der Waals surface area (Å²) in [5.41, 5.74) is 1.24. The minimum Gasteiger partial charge on any atom is -0.493 e. The third-order valence-corrected chi connectivity index (χ3v) is 6.51. The highest BCUT2D eigenvalue weighted by Gasteiger charge is 2.26. The lowest BCUT2D eigenvalue weighted by Gasteiger charge is -2.10. The zero-order valence-corrected chi connectivity index (χ0v) is 18.0. The summed E-state index contributed by atoms with van der Waals surface area (Å²) in [6.45, 7) is -0.126. The fourth-order valence-electron chi connectivity index (χ4n) is 2.66. The summed E-state index contributed by atoms with van der Waals surface area (Å²) < 4.78 is 63.9. The minimum atomic E-state index is -4.72. The second-order valence-electron chi connectivity index (χ2n) is 6.09. The molecule has 31 heavy (non-hydrogen) atoms. The number of alkyl halides is 2. The Morgan fingerprint density at radius 2 is 1.81 bits per heavy atom. The maximum Gasteiger partial charge on any atom is 0.341 e. The molecule has 11 heteroatoms. The molecular weight excluding hydrogens is 452 g/mol. The molecule has 1 aromatic heterocycles. The van der Waals surface area contributed by atoms with Crippen LogP contribution in [0.4, 0.5) is 8.78 Å². The Hall–Kier alpha value is -3.05. The van der Waals surface area contributed by atoms with Gasteiger partial charge in [-0.25, -0.2) is 18.2 Å². The molecule has 2 aromatic carbocycles. The molecule has 0 radical (unpaired) electrons. The monoisotopic (exact) mass is 469 g/mol. The number of methoxy groups -OCH3 is 2. The largest absolute Gasteiger partial charge is 0.493 e. The number of hydrogen-bond acceptors (Lipinski definition) is 8. The molecule has 0 saturated heterocycles. The lowest BCUT2D eigenvalue weighted by atomic mass is 10.2. The number of thiazole rings is 1. The van der Waals surface area contributed by atoms with Gasteiger partial charge in [0.1, 0.15) is 11.6 Å². The Balaban J connectivity index is 1.69.